The Kier molecular flexibility index (Phi) is 8.81. The van der Waals surface area contributed by atoms with Gasteiger partial charge in [0, 0.05) is 16.7 Å². The Morgan fingerprint density at radius 3 is 2.24 bits per heavy atom. The first-order chi connectivity index (χ1) is 22.5. The Labute approximate surface area is 281 Å². The van der Waals surface area contributed by atoms with E-state index in [0.29, 0.717) is 15.4 Å². The third-order valence-electron chi connectivity index (χ3n) is 7.62. The summed E-state index contributed by atoms with van der Waals surface area (Å²) in [7, 11) is 0. The first-order valence-corrected chi connectivity index (χ1v) is 18.0. The molecule has 7 nitrogen and oxygen atoms in total. The van der Waals surface area contributed by atoms with Crippen molar-refractivity contribution in [1.29, 1.82) is 0 Å². The molecule has 0 radical (unpaired) electrons. The highest BCUT2D eigenvalue weighted by Crippen LogP contribution is 2.47. The van der Waals surface area contributed by atoms with Crippen molar-refractivity contribution < 1.29 is 19.1 Å². The third kappa shape index (κ3) is 6.15. The molecular formula is C35H26N2O5S4. The predicted octanol–water partition coefficient (Wildman–Crippen LogP) is 6.60. The molecule has 2 aliphatic heterocycles. The van der Waals surface area contributed by atoms with Gasteiger partial charge in [-0.3, -0.25) is 19.3 Å². The fourth-order valence-electron chi connectivity index (χ4n) is 5.45. The molecular weight excluding hydrogens is 657 g/mol. The molecule has 1 fully saturated rings. The molecule has 11 heteroatoms. The minimum Gasteiger partial charge on any atom is -0.448 e. The van der Waals surface area contributed by atoms with Crippen LogP contribution in [0.15, 0.2) is 128 Å². The molecule has 46 heavy (non-hydrogen) atoms. The monoisotopic (exact) mass is 682 g/mol. The molecule has 1 unspecified atom stereocenters. The molecule has 230 valence electrons. The van der Waals surface area contributed by atoms with Crippen molar-refractivity contribution in [2.45, 2.75) is 28.1 Å². The maximum Gasteiger partial charge on any atom is 0.356 e. The summed E-state index contributed by atoms with van der Waals surface area (Å²) in [6, 6.07) is 31.0. The molecule has 2 atom stereocenters. The number of hydrogen-bond acceptors (Lipinski definition) is 9. The predicted molar refractivity (Wildman–Crippen MR) is 185 cm³/mol. The topological polar surface area (TPSA) is 92.8 Å². The van der Waals surface area contributed by atoms with E-state index in [4.69, 9.17) is 4.74 Å². The molecule has 4 heterocycles. The second-order valence-corrected chi connectivity index (χ2v) is 15.1. The number of rotatable bonds is 9. The molecule has 0 spiro atoms. The summed E-state index contributed by atoms with van der Waals surface area (Å²) >= 11 is 5.66. The van der Waals surface area contributed by atoms with Crippen molar-refractivity contribution in [1.82, 2.24) is 10.2 Å². The number of hydrogen-bond donors (Lipinski definition) is 1. The lowest BCUT2D eigenvalue weighted by Crippen LogP contribution is -2.70. The second kappa shape index (κ2) is 13.3. The van der Waals surface area contributed by atoms with E-state index < -0.39 is 23.5 Å². The molecule has 1 N–H and O–H groups in total. The maximum atomic E-state index is 14.3. The van der Waals surface area contributed by atoms with Crippen LogP contribution in [-0.2, 0) is 25.5 Å². The van der Waals surface area contributed by atoms with Crippen LogP contribution in [0, 0.1) is 0 Å². The third-order valence-corrected chi connectivity index (χ3v) is 12.4. The normalized spacial score (nSPS) is 17.5. The number of benzene rings is 3. The van der Waals surface area contributed by atoms with E-state index in [1.54, 1.807) is 6.07 Å². The van der Waals surface area contributed by atoms with Gasteiger partial charge in [0.1, 0.15) is 17.1 Å². The fraction of sp³-hybridized carbons (Fsp3) is 0.143. The molecule has 0 saturated carbocycles. The molecule has 3 aromatic carbocycles. The number of nitrogens with one attached hydrogen (secondary N) is 1. The summed E-state index contributed by atoms with van der Waals surface area (Å²) in [4.78, 5) is 55.8. The number of fused-ring (bicyclic) bond motifs is 2. The van der Waals surface area contributed by atoms with Gasteiger partial charge in [-0.2, -0.15) is 0 Å². The van der Waals surface area contributed by atoms with E-state index in [9.17, 15) is 19.2 Å². The number of ether oxygens (including phenoxy) is 1. The highest BCUT2D eigenvalue weighted by molar-refractivity contribution is 8.07. The SMILES string of the molecule is O=C(Cc1ccccc1)NC1C(=O)N2C(C(=O)OC(c3ccccc3)c3ccccc3)=C(Sc3cc(=O)c4sccc4s3)CS[C@H]12. The number of esters is 1. The number of nitrogens with zero attached hydrogens (tertiary/aromatic N) is 1. The molecule has 2 aromatic heterocycles. The summed E-state index contributed by atoms with van der Waals surface area (Å²) < 4.78 is 8.54. The van der Waals surface area contributed by atoms with Crippen LogP contribution in [0.25, 0.3) is 9.40 Å². The van der Waals surface area contributed by atoms with Gasteiger partial charge in [0.15, 0.2) is 11.5 Å². The van der Waals surface area contributed by atoms with E-state index in [0.717, 1.165) is 25.6 Å². The van der Waals surface area contributed by atoms with Crippen molar-refractivity contribution in [2.75, 3.05) is 5.75 Å². The lowest BCUT2D eigenvalue weighted by atomic mass is 10.0. The highest BCUT2D eigenvalue weighted by Gasteiger charge is 2.54. The summed E-state index contributed by atoms with van der Waals surface area (Å²) in [6.07, 6.45) is -0.564. The number of thioether (sulfide) groups is 2. The number of carbonyl (C=O) groups excluding carboxylic acids is 3. The summed E-state index contributed by atoms with van der Waals surface area (Å²) in [5, 5.41) is 4.30. The van der Waals surface area contributed by atoms with E-state index in [1.807, 2.05) is 102 Å². The zero-order valence-electron chi connectivity index (χ0n) is 24.2. The van der Waals surface area contributed by atoms with Gasteiger partial charge >= 0.3 is 5.97 Å². The molecule has 0 aliphatic carbocycles. The average molecular weight is 683 g/mol. The molecule has 0 bridgehead atoms. The highest BCUT2D eigenvalue weighted by atomic mass is 32.2. The first-order valence-electron chi connectivity index (χ1n) is 14.5. The number of β-lactam (4-membered cyclic amide) rings is 1. The van der Waals surface area contributed by atoms with Crippen LogP contribution in [0.4, 0.5) is 0 Å². The molecule has 2 amide bonds. The lowest BCUT2D eigenvalue weighted by molar-refractivity contribution is -0.154. The van der Waals surface area contributed by atoms with Crippen LogP contribution in [-0.4, -0.2) is 39.9 Å². The van der Waals surface area contributed by atoms with Crippen LogP contribution in [0.1, 0.15) is 22.8 Å². The molecule has 1 saturated heterocycles. The zero-order valence-corrected chi connectivity index (χ0v) is 27.4. The minimum absolute atomic E-state index is 0.0771. The van der Waals surface area contributed by atoms with E-state index in [2.05, 4.69) is 5.32 Å². The molecule has 7 rings (SSSR count). The maximum absolute atomic E-state index is 14.3. The van der Waals surface area contributed by atoms with Gasteiger partial charge in [0.2, 0.25) is 5.91 Å². The largest absolute Gasteiger partial charge is 0.448 e. The van der Waals surface area contributed by atoms with Crippen LogP contribution in [0.5, 0.6) is 0 Å². The lowest BCUT2D eigenvalue weighted by Gasteiger charge is -2.49. The number of carbonyl (C=O) groups is 3. The van der Waals surface area contributed by atoms with Crippen molar-refractivity contribution in [3.8, 4) is 0 Å². The van der Waals surface area contributed by atoms with Gasteiger partial charge in [-0.25, -0.2) is 4.79 Å². The number of thiophene rings is 1. The average Bonchev–Trinajstić information content (AvgIpc) is 3.56. The van der Waals surface area contributed by atoms with Gasteiger partial charge in [-0.15, -0.1) is 34.4 Å². The minimum atomic E-state index is -0.771. The zero-order chi connectivity index (χ0) is 31.6. The molecule has 2 aliphatic rings. The fourth-order valence-corrected chi connectivity index (χ4v) is 10.3. The Morgan fingerprint density at radius 2 is 1.57 bits per heavy atom. The first kappa shape index (κ1) is 30.5. The van der Waals surface area contributed by atoms with Gasteiger partial charge in [0.25, 0.3) is 5.91 Å². The van der Waals surface area contributed by atoms with E-state index in [-0.39, 0.29) is 29.4 Å². The van der Waals surface area contributed by atoms with Gasteiger partial charge < -0.3 is 10.1 Å². The van der Waals surface area contributed by atoms with Gasteiger partial charge in [-0.1, -0.05) is 103 Å². The van der Waals surface area contributed by atoms with Crippen LogP contribution < -0.4 is 10.7 Å². The summed E-state index contributed by atoms with van der Waals surface area (Å²) in [5.41, 5.74) is 2.50. The van der Waals surface area contributed by atoms with Gasteiger partial charge in [-0.05, 0) is 28.1 Å². The smallest absolute Gasteiger partial charge is 0.356 e. The molecule has 5 aromatic rings. The van der Waals surface area contributed by atoms with Crippen molar-refractivity contribution >= 4 is 73.4 Å². The van der Waals surface area contributed by atoms with Crippen LogP contribution in [0.2, 0.25) is 0 Å². The van der Waals surface area contributed by atoms with Crippen molar-refractivity contribution in [2.24, 2.45) is 0 Å². The number of amides is 2. The Morgan fingerprint density at radius 1 is 0.913 bits per heavy atom. The summed E-state index contributed by atoms with van der Waals surface area (Å²) in [5.74, 6) is -0.878. The van der Waals surface area contributed by atoms with Gasteiger partial charge in [0.05, 0.1) is 20.0 Å². The second-order valence-electron chi connectivity index (χ2n) is 10.6. The van der Waals surface area contributed by atoms with Crippen LogP contribution in [0.3, 0.4) is 0 Å². The Balaban J connectivity index is 1.21. The Hall–Kier alpha value is -4.16. The standard InChI is InChI=1S/C35H26N2O5S4/c38-24-19-28(45-25-16-17-43-32(24)25)46-26-20-44-34-29(36-27(39)18-21-10-4-1-5-11-21)33(40)37(34)30(26)35(41)42-31(22-12-6-2-7-13-22)23-14-8-3-9-15-23/h1-17,19,29,31,34H,18,20H2,(H,36,39)/t29?,34-/m1/s1. The van der Waals surface area contributed by atoms with Crippen molar-refractivity contribution in [3.63, 3.8) is 0 Å². The van der Waals surface area contributed by atoms with E-state index >= 15 is 0 Å². The van der Waals surface area contributed by atoms with Crippen LogP contribution >= 0.6 is 46.2 Å². The summed E-state index contributed by atoms with van der Waals surface area (Å²) in [6.45, 7) is 0. The Bertz CT molecular complexity index is 1970. The quantitative estimate of drug-likeness (QED) is 0.138. The van der Waals surface area contributed by atoms with Crippen molar-refractivity contribution in [3.05, 3.63) is 146 Å². The van der Waals surface area contributed by atoms with E-state index in [1.165, 1.54) is 51.1 Å².